The summed E-state index contributed by atoms with van der Waals surface area (Å²) < 4.78 is 0.774. The highest BCUT2D eigenvalue weighted by molar-refractivity contribution is 14.1. The Morgan fingerprint density at radius 2 is 1.88 bits per heavy atom. The Morgan fingerprint density at radius 3 is 2.35 bits per heavy atom. The fourth-order valence-electron chi connectivity index (χ4n) is 1.10. The summed E-state index contributed by atoms with van der Waals surface area (Å²) >= 11 is 2.00. The van der Waals surface area contributed by atoms with Crippen molar-refractivity contribution in [2.75, 3.05) is 5.32 Å². The Hall–Kier alpha value is -1.11. The van der Waals surface area contributed by atoms with Gasteiger partial charge in [0, 0.05) is 20.2 Å². The van der Waals surface area contributed by atoms with E-state index in [9.17, 15) is 14.7 Å². The second-order valence-corrected chi connectivity index (χ2v) is 5.93. The highest BCUT2D eigenvalue weighted by Crippen LogP contribution is 2.22. The van der Waals surface area contributed by atoms with Crippen LogP contribution in [0.15, 0.2) is 18.2 Å². The van der Waals surface area contributed by atoms with E-state index in [1.165, 1.54) is 6.07 Å². The molecule has 0 bridgehead atoms. The molecular weight excluding hydrogens is 333 g/mol. The number of carbonyl (C=O) groups excluding carboxylic acids is 2. The molecule has 0 spiro atoms. The summed E-state index contributed by atoms with van der Waals surface area (Å²) in [7, 11) is 0. The van der Waals surface area contributed by atoms with Gasteiger partial charge in [0.25, 0.3) is 0 Å². The molecule has 0 heterocycles. The van der Waals surface area contributed by atoms with Crippen molar-refractivity contribution in [2.45, 2.75) is 20.8 Å². The maximum Gasteiger partial charge on any atom is 0.229 e. The largest absolute Gasteiger partial charge is 0.545 e. The number of anilines is 1. The van der Waals surface area contributed by atoms with E-state index in [2.05, 4.69) is 5.32 Å². The monoisotopic (exact) mass is 346 g/mol. The van der Waals surface area contributed by atoms with Gasteiger partial charge in [-0.2, -0.15) is 0 Å². The molecular formula is C12H13INO3-. The molecule has 0 atom stereocenters. The number of halogens is 1. The molecule has 0 aliphatic rings. The molecule has 1 aromatic rings. The Kier molecular flexibility index (Phi) is 4.13. The molecule has 1 rings (SSSR count). The lowest BCUT2D eigenvalue weighted by molar-refractivity contribution is -0.254. The van der Waals surface area contributed by atoms with Crippen LogP contribution in [0, 0.1) is 8.99 Å². The van der Waals surface area contributed by atoms with Gasteiger partial charge in [0.1, 0.15) is 0 Å². The molecule has 1 N–H and O–H groups in total. The van der Waals surface area contributed by atoms with Gasteiger partial charge < -0.3 is 15.2 Å². The molecule has 0 saturated heterocycles. The van der Waals surface area contributed by atoms with E-state index in [4.69, 9.17) is 0 Å². The summed E-state index contributed by atoms with van der Waals surface area (Å²) in [5.74, 6) is -1.53. The standard InChI is InChI=1S/C12H14INO3/c1-12(2,3)11(17)14-9-5-4-7(13)6-8(9)10(15)16/h4-6H,1-3H3,(H,14,17)(H,15,16)/p-1. The minimum Gasteiger partial charge on any atom is -0.545 e. The summed E-state index contributed by atoms with van der Waals surface area (Å²) in [5.41, 5.74) is -0.313. The number of hydrogen-bond donors (Lipinski definition) is 1. The second kappa shape index (κ2) is 5.03. The molecule has 5 heteroatoms. The zero-order valence-electron chi connectivity index (χ0n) is 9.83. The van der Waals surface area contributed by atoms with Crippen LogP contribution >= 0.6 is 22.6 Å². The van der Waals surface area contributed by atoms with Crippen LogP contribution in [0.1, 0.15) is 31.1 Å². The molecule has 17 heavy (non-hydrogen) atoms. The smallest absolute Gasteiger partial charge is 0.229 e. The van der Waals surface area contributed by atoms with E-state index in [1.54, 1.807) is 32.9 Å². The van der Waals surface area contributed by atoms with Crippen molar-refractivity contribution in [1.82, 2.24) is 0 Å². The Bertz CT molecular complexity index is 463. The Labute approximate surface area is 114 Å². The molecule has 0 aliphatic heterocycles. The van der Waals surface area contributed by atoms with Crippen molar-refractivity contribution < 1.29 is 14.7 Å². The Morgan fingerprint density at radius 1 is 1.29 bits per heavy atom. The minimum atomic E-state index is -1.30. The van der Waals surface area contributed by atoms with E-state index in [1.807, 2.05) is 22.6 Å². The van der Waals surface area contributed by atoms with Crippen molar-refractivity contribution in [1.29, 1.82) is 0 Å². The summed E-state index contributed by atoms with van der Waals surface area (Å²) in [5, 5.41) is 13.5. The normalized spacial score (nSPS) is 11.1. The third-order valence-corrected chi connectivity index (χ3v) is 2.80. The number of hydrogen-bond acceptors (Lipinski definition) is 3. The van der Waals surface area contributed by atoms with E-state index < -0.39 is 11.4 Å². The fraction of sp³-hybridized carbons (Fsp3) is 0.333. The summed E-state index contributed by atoms with van der Waals surface area (Å²) in [6, 6.07) is 4.76. The highest BCUT2D eigenvalue weighted by Gasteiger charge is 2.22. The summed E-state index contributed by atoms with van der Waals surface area (Å²) in [4.78, 5) is 22.7. The topological polar surface area (TPSA) is 69.2 Å². The second-order valence-electron chi connectivity index (χ2n) is 4.68. The van der Waals surface area contributed by atoms with E-state index >= 15 is 0 Å². The third-order valence-electron chi connectivity index (χ3n) is 2.13. The van der Waals surface area contributed by atoms with Gasteiger partial charge in [0.2, 0.25) is 5.91 Å². The molecule has 4 nitrogen and oxygen atoms in total. The van der Waals surface area contributed by atoms with E-state index in [0.29, 0.717) is 0 Å². The lowest BCUT2D eigenvalue weighted by atomic mass is 9.95. The fourth-order valence-corrected chi connectivity index (χ4v) is 1.60. The van der Waals surface area contributed by atoms with Crippen molar-refractivity contribution in [2.24, 2.45) is 5.41 Å². The van der Waals surface area contributed by atoms with Crippen LogP contribution in [-0.4, -0.2) is 11.9 Å². The van der Waals surface area contributed by atoms with Crippen LogP contribution in [0.2, 0.25) is 0 Å². The lowest BCUT2D eigenvalue weighted by Gasteiger charge is -2.19. The van der Waals surface area contributed by atoms with Crippen LogP contribution in [0.5, 0.6) is 0 Å². The van der Waals surface area contributed by atoms with E-state index in [0.717, 1.165) is 3.57 Å². The highest BCUT2D eigenvalue weighted by atomic mass is 127. The van der Waals surface area contributed by atoms with Crippen molar-refractivity contribution in [3.8, 4) is 0 Å². The molecule has 0 radical (unpaired) electrons. The van der Waals surface area contributed by atoms with Gasteiger partial charge in [-0.15, -0.1) is 0 Å². The first-order chi connectivity index (χ1) is 7.71. The number of nitrogens with one attached hydrogen (secondary N) is 1. The van der Waals surface area contributed by atoms with Crippen molar-refractivity contribution in [3.63, 3.8) is 0 Å². The van der Waals surface area contributed by atoms with Gasteiger partial charge in [-0.1, -0.05) is 20.8 Å². The molecule has 0 aliphatic carbocycles. The van der Waals surface area contributed by atoms with Gasteiger partial charge in [0.05, 0.1) is 5.97 Å². The van der Waals surface area contributed by atoms with Gasteiger partial charge in [-0.25, -0.2) is 0 Å². The number of amides is 1. The first-order valence-corrected chi connectivity index (χ1v) is 6.12. The van der Waals surface area contributed by atoms with Gasteiger partial charge >= 0.3 is 0 Å². The van der Waals surface area contributed by atoms with Gasteiger partial charge in [0.15, 0.2) is 0 Å². The van der Waals surface area contributed by atoms with Gasteiger partial charge in [-0.3, -0.25) is 4.79 Å². The van der Waals surface area contributed by atoms with Crippen molar-refractivity contribution in [3.05, 3.63) is 27.3 Å². The lowest BCUT2D eigenvalue weighted by Crippen LogP contribution is -2.30. The average Bonchev–Trinajstić information content (AvgIpc) is 2.18. The van der Waals surface area contributed by atoms with Crippen LogP contribution < -0.4 is 10.4 Å². The molecule has 0 fully saturated rings. The molecule has 0 saturated carbocycles. The summed E-state index contributed by atoms with van der Waals surface area (Å²) in [6.45, 7) is 5.27. The van der Waals surface area contributed by atoms with Crippen LogP contribution in [0.3, 0.4) is 0 Å². The maximum atomic E-state index is 11.8. The predicted molar refractivity (Wildman–Crippen MR) is 71.6 cm³/mol. The van der Waals surface area contributed by atoms with Gasteiger partial charge in [-0.05, 0) is 40.8 Å². The summed E-state index contributed by atoms with van der Waals surface area (Å²) in [6.07, 6.45) is 0. The number of benzene rings is 1. The molecule has 0 unspecified atom stereocenters. The first kappa shape index (κ1) is 14.0. The first-order valence-electron chi connectivity index (χ1n) is 5.04. The zero-order valence-corrected chi connectivity index (χ0v) is 12.0. The number of aromatic carboxylic acids is 1. The van der Waals surface area contributed by atoms with Crippen LogP contribution in [-0.2, 0) is 4.79 Å². The predicted octanol–water partition coefficient (Wildman–Crippen LogP) is 1.64. The Balaban J connectivity index is 3.07. The molecule has 92 valence electrons. The third kappa shape index (κ3) is 3.69. The minimum absolute atomic E-state index is 0.00509. The average molecular weight is 346 g/mol. The molecule has 1 amide bonds. The number of carboxylic acid groups (broad SMARTS) is 1. The van der Waals surface area contributed by atoms with Crippen LogP contribution in [0.25, 0.3) is 0 Å². The number of rotatable bonds is 2. The van der Waals surface area contributed by atoms with Crippen molar-refractivity contribution >= 4 is 40.2 Å². The SMILES string of the molecule is CC(C)(C)C(=O)Nc1ccc(I)cc1C(=O)[O-]. The molecule has 1 aromatic carbocycles. The zero-order chi connectivity index (χ0) is 13.2. The van der Waals surface area contributed by atoms with Crippen LogP contribution in [0.4, 0.5) is 5.69 Å². The number of carboxylic acids is 1. The quantitative estimate of drug-likeness (QED) is 0.828. The van der Waals surface area contributed by atoms with E-state index in [-0.39, 0.29) is 17.2 Å². The number of carbonyl (C=O) groups is 2. The maximum absolute atomic E-state index is 11.8. The molecule has 0 aromatic heterocycles.